The number of nitrogens with two attached hydrogens (primary N) is 1. The summed E-state index contributed by atoms with van der Waals surface area (Å²) >= 11 is 0. The Morgan fingerprint density at radius 3 is 2.20 bits per heavy atom. The zero-order chi connectivity index (χ0) is 18.4. The maximum Gasteiger partial charge on any atom is 0.243 e. The van der Waals surface area contributed by atoms with Crippen LogP contribution in [0.3, 0.4) is 0 Å². The van der Waals surface area contributed by atoms with Crippen molar-refractivity contribution >= 4 is 10.0 Å². The molecule has 0 amide bonds. The molecule has 0 unspecified atom stereocenters. The fraction of sp³-hybridized carbons (Fsp3) is 0.333. The maximum absolute atomic E-state index is 13.2. The summed E-state index contributed by atoms with van der Waals surface area (Å²) in [5, 5.41) is 0. The van der Waals surface area contributed by atoms with Crippen molar-refractivity contribution in [3.05, 3.63) is 53.6 Å². The van der Waals surface area contributed by atoms with Crippen molar-refractivity contribution in [3.63, 3.8) is 0 Å². The van der Waals surface area contributed by atoms with E-state index in [0.29, 0.717) is 17.1 Å². The highest BCUT2D eigenvalue weighted by Gasteiger charge is 2.27. The van der Waals surface area contributed by atoms with E-state index >= 15 is 0 Å². The van der Waals surface area contributed by atoms with E-state index in [1.807, 2.05) is 30.3 Å². The summed E-state index contributed by atoms with van der Waals surface area (Å²) in [7, 11) is -0.739. The van der Waals surface area contributed by atoms with Crippen LogP contribution in [0.1, 0.15) is 11.1 Å². The first kappa shape index (κ1) is 19.2. The van der Waals surface area contributed by atoms with Crippen LogP contribution in [0.2, 0.25) is 0 Å². The van der Waals surface area contributed by atoms with E-state index in [9.17, 15) is 8.42 Å². The highest BCUT2D eigenvalue weighted by Crippen LogP contribution is 2.33. The van der Waals surface area contributed by atoms with E-state index in [1.54, 1.807) is 13.0 Å². The minimum absolute atomic E-state index is 0.189. The molecule has 0 fully saturated rings. The third kappa shape index (κ3) is 4.31. The zero-order valence-corrected chi connectivity index (χ0v) is 15.5. The Morgan fingerprint density at radius 1 is 1.04 bits per heavy atom. The molecule has 0 aliphatic rings. The minimum atomic E-state index is -3.73. The van der Waals surface area contributed by atoms with E-state index < -0.39 is 10.0 Å². The van der Waals surface area contributed by atoms with E-state index in [1.165, 1.54) is 24.6 Å². The Bertz CT molecular complexity index is 807. The van der Waals surface area contributed by atoms with Crippen molar-refractivity contribution < 1.29 is 17.9 Å². The Labute approximate surface area is 149 Å². The van der Waals surface area contributed by atoms with Crippen LogP contribution >= 0.6 is 0 Å². The Kier molecular flexibility index (Phi) is 6.41. The van der Waals surface area contributed by atoms with Gasteiger partial charge in [0.05, 0.1) is 19.1 Å². The molecule has 0 aliphatic carbocycles. The summed E-state index contributed by atoms with van der Waals surface area (Å²) < 4.78 is 38.3. The number of rotatable bonds is 8. The molecule has 25 heavy (non-hydrogen) atoms. The molecule has 0 heterocycles. The summed E-state index contributed by atoms with van der Waals surface area (Å²) in [4.78, 5) is 0.189. The molecule has 0 saturated heterocycles. The quantitative estimate of drug-likeness (QED) is 0.776. The number of hydrogen-bond donors (Lipinski definition) is 1. The van der Waals surface area contributed by atoms with Gasteiger partial charge >= 0.3 is 0 Å². The highest BCUT2D eigenvalue weighted by atomic mass is 32.2. The SMILES string of the molecule is COc1cc(C)c(S(=O)(=O)N(CCN)Cc2ccccc2)cc1OC. The molecule has 7 heteroatoms. The second kappa shape index (κ2) is 8.33. The summed E-state index contributed by atoms with van der Waals surface area (Å²) in [6, 6.07) is 12.6. The van der Waals surface area contributed by atoms with Gasteiger partial charge in [0, 0.05) is 25.7 Å². The van der Waals surface area contributed by atoms with Crippen LogP contribution in [0.5, 0.6) is 11.5 Å². The second-order valence-corrected chi connectivity index (χ2v) is 7.49. The number of nitrogens with zero attached hydrogens (tertiary/aromatic N) is 1. The first-order chi connectivity index (χ1) is 11.9. The first-order valence-electron chi connectivity index (χ1n) is 7.90. The minimum Gasteiger partial charge on any atom is -0.493 e. The largest absolute Gasteiger partial charge is 0.493 e. The van der Waals surface area contributed by atoms with Gasteiger partial charge in [-0.05, 0) is 24.1 Å². The Hall–Kier alpha value is -2.09. The molecular weight excluding hydrogens is 340 g/mol. The standard InChI is InChI=1S/C18H24N2O4S/c1-14-11-16(23-2)17(24-3)12-18(14)25(21,22)20(10-9-19)13-15-7-5-4-6-8-15/h4-8,11-12H,9-10,13,19H2,1-3H3. The van der Waals surface area contributed by atoms with Gasteiger partial charge in [-0.2, -0.15) is 4.31 Å². The number of sulfonamides is 1. The number of ether oxygens (including phenoxy) is 2. The summed E-state index contributed by atoms with van der Waals surface area (Å²) in [6.45, 7) is 2.45. The van der Waals surface area contributed by atoms with E-state index in [4.69, 9.17) is 15.2 Å². The number of aryl methyl sites for hydroxylation is 1. The normalized spacial score (nSPS) is 11.6. The molecule has 2 aromatic carbocycles. The fourth-order valence-electron chi connectivity index (χ4n) is 2.59. The predicted octanol–water partition coefficient (Wildman–Crippen LogP) is 2.16. The van der Waals surface area contributed by atoms with Crippen LogP contribution in [-0.4, -0.2) is 40.0 Å². The van der Waals surface area contributed by atoms with Gasteiger partial charge in [-0.3, -0.25) is 0 Å². The van der Waals surface area contributed by atoms with Gasteiger partial charge in [0.15, 0.2) is 11.5 Å². The van der Waals surface area contributed by atoms with Gasteiger partial charge in [-0.15, -0.1) is 0 Å². The third-order valence-electron chi connectivity index (χ3n) is 3.88. The van der Waals surface area contributed by atoms with Crippen molar-refractivity contribution in [2.24, 2.45) is 5.73 Å². The summed E-state index contributed by atoms with van der Waals surface area (Å²) in [5.74, 6) is 0.867. The Morgan fingerprint density at radius 2 is 1.64 bits per heavy atom. The fourth-order valence-corrected chi connectivity index (χ4v) is 4.26. The molecule has 0 saturated carbocycles. The highest BCUT2D eigenvalue weighted by molar-refractivity contribution is 7.89. The van der Waals surface area contributed by atoms with Crippen LogP contribution in [0.4, 0.5) is 0 Å². The van der Waals surface area contributed by atoms with Crippen LogP contribution in [0.15, 0.2) is 47.4 Å². The van der Waals surface area contributed by atoms with Crippen molar-refractivity contribution in [3.8, 4) is 11.5 Å². The third-order valence-corrected chi connectivity index (χ3v) is 5.87. The first-order valence-corrected chi connectivity index (χ1v) is 9.34. The lowest BCUT2D eigenvalue weighted by molar-refractivity contribution is 0.353. The Balaban J connectivity index is 2.46. The van der Waals surface area contributed by atoms with E-state index in [2.05, 4.69) is 0 Å². The molecule has 0 aliphatic heterocycles. The van der Waals surface area contributed by atoms with Crippen LogP contribution in [0.25, 0.3) is 0 Å². The van der Waals surface area contributed by atoms with Gasteiger partial charge in [0.2, 0.25) is 10.0 Å². The number of methoxy groups -OCH3 is 2. The molecule has 0 bridgehead atoms. The number of hydrogen-bond acceptors (Lipinski definition) is 5. The molecule has 2 N–H and O–H groups in total. The van der Waals surface area contributed by atoms with Crippen LogP contribution in [0, 0.1) is 6.92 Å². The van der Waals surface area contributed by atoms with Crippen molar-refractivity contribution in [1.29, 1.82) is 0 Å². The van der Waals surface area contributed by atoms with Crippen LogP contribution in [-0.2, 0) is 16.6 Å². The zero-order valence-electron chi connectivity index (χ0n) is 14.7. The molecule has 0 atom stereocenters. The summed E-state index contributed by atoms with van der Waals surface area (Å²) in [5.41, 5.74) is 7.14. The van der Waals surface area contributed by atoms with E-state index in [0.717, 1.165) is 5.56 Å². The molecule has 0 radical (unpaired) electrons. The molecule has 136 valence electrons. The van der Waals surface area contributed by atoms with Crippen LogP contribution < -0.4 is 15.2 Å². The van der Waals surface area contributed by atoms with Crippen molar-refractivity contribution in [1.82, 2.24) is 4.31 Å². The molecule has 0 spiro atoms. The maximum atomic E-state index is 13.2. The number of benzene rings is 2. The van der Waals surface area contributed by atoms with Gasteiger partial charge in [0.1, 0.15) is 0 Å². The molecular formula is C18H24N2O4S. The smallest absolute Gasteiger partial charge is 0.243 e. The second-order valence-electron chi connectivity index (χ2n) is 5.59. The van der Waals surface area contributed by atoms with E-state index in [-0.39, 0.29) is 24.5 Å². The van der Waals surface area contributed by atoms with Crippen molar-refractivity contribution in [2.45, 2.75) is 18.4 Å². The molecule has 6 nitrogen and oxygen atoms in total. The summed E-state index contributed by atoms with van der Waals surface area (Å²) in [6.07, 6.45) is 0. The van der Waals surface area contributed by atoms with Gasteiger partial charge < -0.3 is 15.2 Å². The monoisotopic (exact) mass is 364 g/mol. The molecule has 2 aromatic rings. The lowest BCUT2D eigenvalue weighted by Gasteiger charge is -2.23. The predicted molar refractivity (Wildman–Crippen MR) is 97.4 cm³/mol. The average molecular weight is 364 g/mol. The van der Waals surface area contributed by atoms with Gasteiger partial charge in [-0.1, -0.05) is 30.3 Å². The van der Waals surface area contributed by atoms with Gasteiger partial charge in [0.25, 0.3) is 0 Å². The average Bonchev–Trinajstić information content (AvgIpc) is 2.61. The van der Waals surface area contributed by atoms with Gasteiger partial charge in [-0.25, -0.2) is 8.42 Å². The lowest BCUT2D eigenvalue weighted by atomic mass is 10.2. The molecule has 0 aromatic heterocycles. The molecule has 2 rings (SSSR count). The lowest BCUT2D eigenvalue weighted by Crippen LogP contribution is -2.35. The topological polar surface area (TPSA) is 81.9 Å². The van der Waals surface area contributed by atoms with Crippen molar-refractivity contribution in [2.75, 3.05) is 27.3 Å².